The van der Waals surface area contributed by atoms with Crippen LogP contribution in [0.5, 0.6) is 17.4 Å². The molecule has 2 atom stereocenters. The van der Waals surface area contributed by atoms with Crippen molar-refractivity contribution in [2.45, 2.75) is 51.7 Å². The molecule has 2 aliphatic rings. The molecule has 1 fully saturated rings. The van der Waals surface area contributed by atoms with Gasteiger partial charge < -0.3 is 14.6 Å². The summed E-state index contributed by atoms with van der Waals surface area (Å²) in [6.07, 6.45) is 4.69. The number of pyridine rings is 1. The van der Waals surface area contributed by atoms with Gasteiger partial charge in [0.05, 0.1) is 6.04 Å². The van der Waals surface area contributed by atoms with Crippen molar-refractivity contribution in [3.63, 3.8) is 0 Å². The summed E-state index contributed by atoms with van der Waals surface area (Å²) >= 11 is 0. The highest BCUT2D eigenvalue weighted by molar-refractivity contribution is 5.95. The van der Waals surface area contributed by atoms with Gasteiger partial charge in [-0.2, -0.15) is 0 Å². The summed E-state index contributed by atoms with van der Waals surface area (Å²) in [7, 11) is 0. The number of phenols is 1. The van der Waals surface area contributed by atoms with Gasteiger partial charge in [-0.3, -0.25) is 0 Å². The van der Waals surface area contributed by atoms with E-state index >= 15 is 0 Å². The van der Waals surface area contributed by atoms with Crippen LogP contribution in [0.25, 0.3) is 10.9 Å². The summed E-state index contributed by atoms with van der Waals surface area (Å²) in [6, 6.07) is 17.0. The van der Waals surface area contributed by atoms with Crippen molar-refractivity contribution in [1.29, 1.82) is 0 Å². The van der Waals surface area contributed by atoms with Gasteiger partial charge in [-0.25, -0.2) is 9.98 Å². The fourth-order valence-corrected chi connectivity index (χ4v) is 4.48. The quantitative estimate of drug-likeness (QED) is 0.597. The average molecular weight is 402 g/mol. The number of aromatic nitrogens is 1. The van der Waals surface area contributed by atoms with E-state index in [9.17, 15) is 5.11 Å². The maximum absolute atomic E-state index is 10.1. The molecule has 1 aliphatic carbocycles. The van der Waals surface area contributed by atoms with E-state index in [1.807, 2.05) is 36.4 Å². The number of ether oxygens (including phenoxy) is 2. The number of hydrogen-bond acceptors (Lipinski definition) is 5. The van der Waals surface area contributed by atoms with E-state index in [4.69, 9.17) is 14.5 Å². The third-order valence-corrected chi connectivity index (χ3v) is 6.06. The lowest BCUT2D eigenvalue weighted by Gasteiger charge is -2.25. The molecule has 1 aliphatic heterocycles. The molecule has 2 heterocycles. The topological polar surface area (TPSA) is 63.9 Å². The summed E-state index contributed by atoms with van der Waals surface area (Å²) in [5.41, 5.74) is 1.74. The van der Waals surface area contributed by atoms with Crippen molar-refractivity contribution in [3.8, 4) is 17.4 Å². The van der Waals surface area contributed by atoms with Gasteiger partial charge in [0, 0.05) is 17.0 Å². The maximum atomic E-state index is 10.1. The molecular weight excluding hydrogens is 376 g/mol. The highest BCUT2D eigenvalue weighted by Gasteiger charge is 2.38. The van der Waals surface area contributed by atoms with E-state index in [2.05, 4.69) is 18.8 Å². The summed E-state index contributed by atoms with van der Waals surface area (Å²) < 4.78 is 12.3. The average Bonchev–Trinajstić information content (AvgIpc) is 3.04. The van der Waals surface area contributed by atoms with Crippen molar-refractivity contribution in [3.05, 3.63) is 60.2 Å². The Labute approximate surface area is 176 Å². The Morgan fingerprint density at radius 3 is 2.87 bits per heavy atom. The minimum Gasteiger partial charge on any atom is -0.506 e. The third kappa shape index (κ3) is 3.72. The Kier molecular flexibility index (Phi) is 4.61. The van der Waals surface area contributed by atoms with Crippen LogP contribution in [0.15, 0.2) is 59.6 Å². The van der Waals surface area contributed by atoms with Crippen molar-refractivity contribution in [1.82, 2.24) is 4.98 Å². The Hall–Kier alpha value is -3.08. The summed E-state index contributed by atoms with van der Waals surface area (Å²) in [6.45, 7) is 4.64. The minimum absolute atomic E-state index is 0.141. The predicted octanol–water partition coefficient (Wildman–Crippen LogP) is 5.85. The minimum atomic E-state index is 0.141. The first kappa shape index (κ1) is 18.9. The molecule has 0 radical (unpaired) electrons. The van der Waals surface area contributed by atoms with Gasteiger partial charge in [0.1, 0.15) is 23.1 Å². The van der Waals surface area contributed by atoms with Crippen LogP contribution >= 0.6 is 0 Å². The largest absolute Gasteiger partial charge is 0.506 e. The molecule has 30 heavy (non-hydrogen) atoms. The summed E-state index contributed by atoms with van der Waals surface area (Å²) in [4.78, 5) is 9.35. The van der Waals surface area contributed by atoms with E-state index in [0.717, 1.165) is 23.8 Å². The molecule has 3 aromatic rings. The second-order valence-electron chi connectivity index (χ2n) is 9.05. The predicted molar refractivity (Wildman–Crippen MR) is 117 cm³/mol. The zero-order valence-electron chi connectivity index (χ0n) is 17.3. The molecular formula is C25H26N2O3. The number of para-hydroxylation sites is 1. The first-order valence-corrected chi connectivity index (χ1v) is 10.6. The third-order valence-electron chi connectivity index (χ3n) is 6.06. The lowest BCUT2D eigenvalue weighted by molar-refractivity contribution is 0.138. The van der Waals surface area contributed by atoms with Crippen LogP contribution in [0.4, 0.5) is 0 Å². The fraction of sp³-hybridized carbons (Fsp3) is 0.360. The standard InChI is InChI=1S/C25H26N2O3/c1-25(2)13-5-9-19-21(15-25)30-24(26-19)17-7-3-8-18(14-17)29-22-12-11-16-6-4-10-20(28)23(16)27-22/h3-4,6-8,10-12,14,19,21,28H,5,9,13,15H2,1-2H3/t19-,21+/m0/s1. The van der Waals surface area contributed by atoms with Gasteiger partial charge in [0.15, 0.2) is 0 Å². The molecule has 1 saturated carbocycles. The molecule has 5 heteroatoms. The number of aromatic hydroxyl groups is 1. The Morgan fingerprint density at radius 2 is 1.97 bits per heavy atom. The summed E-state index contributed by atoms with van der Waals surface area (Å²) in [5.74, 6) is 1.94. The van der Waals surface area contributed by atoms with Crippen LogP contribution < -0.4 is 4.74 Å². The molecule has 5 nitrogen and oxygen atoms in total. The molecule has 154 valence electrons. The molecule has 0 spiro atoms. The first-order valence-electron chi connectivity index (χ1n) is 10.6. The Morgan fingerprint density at radius 1 is 1.10 bits per heavy atom. The number of aliphatic imine (C=N–C) groups is 1. The van der Waals surface area contributed by atoms with Gasteiger partial charge in [-0.15, -0.1) is 0 Å². The molecule has 0 amide bonds. The lowest BCUT2D eigenvalue weighted by atomic mass is 9.84. The maximum Gasteiger partial charge on any atom is 0.219 e. The first-order chi connectivity index (χ1) is 14.5. The summed E-state index contributed by atoms with van der Waals surface area (Å²) in [5, 5.41) is 10.9. The molecule has 5 rings (SSSR count). The number of fused-ring (bicyclic) bond motifs is 2. The lowest BCUT2D eigenvalue weighted by Crippen LogP contribution is -2.26. The van der Waals surface area contributed by atoms with Gasteiger partial charge in [-0.1, -0.05) is 38.5 Å². The molecule has 0 unspecified atom stereocenters. The number of rotatable bonds is 3. The monoisotopic (exact) mass is 402 g/mol. The van der Waals surface area contributed by atoms with Gasteiger partial charge in [0.25, 0.3) is 0 Å². The van der Waals surface area contributed by atoms with E-state index < -0.39 is 0 Å². The van der Waals surface area contributed by atoms with Crippen LogP contribution in [-0.4, -0.2) is 28.1 Å². The Bertz CT molecular complexity index is 1120. The van der Waals surface area contributed by atoms with Crippen molar-refractivity contribution < 1.29 is 14.6 Å². The van der Waals surface area contributed by atoms with Crippen LogP contribution in [0.2, 0.25) is 0 Å². The van der Waals surface area contributed by atoms with Gasteiger partial charge >= 0.3 is 0 Å². The van der Waals surface area contributed by atoms with Crippen LogP contribution in [0, 0.1) is 5.41 Å². The van der Waals surface area contributed by atoms with E-state index in [1.54, 1.807) is 18.2 Å². The molecule has 0 saturated heterocycles. The highest BCUT2D eigenvalue weighted by Crippen LogP contribution is 2.39. The zero-order valence-corrected chi connectivity index (χ0v) is 17.3. The zero-order chi connectivity index (χ0) is 20.7. The molecule has 1 aromatic heterocycles. The molecule has 0 bridgehead atoms. The van der Waals surface area contributed by atoms with Gasteiger partial charge in [-0.05, 0) is 55.0 Å². The molecule has 1 N–H and O–H groups in total. The normalized spacial score (nSPS) is 22.7. The van der Waals surface area contributed by atoms with Crippen LogP contribution in [-0.2, 0) is 4.74 Å². The number of benzene rings is 2. The van der Waals surface area contributed by atoms with Crippen molar-refractivity contribution in [2.75, 3.05) is 0 Å². The number of nitrogens with zero attached hydrogens (tertiary/aromatic N) is 2. The molecule has 2 aromatic carbocycles. The number of hydrogen-bond donors (Lipinski definition) is 1. The van der Waals surface area contributed by atoms with Crippen LogP contribution in [0.3, 0.4) is 0 Å². The fourth-order valence-electron chi connectivity index (χ4n) is 4.48. The van der Waals surface area contributed by atoms with E-state index in [1.165, 1.54) is 12.8 Å². The second-order valence-corrected chi connectivity index (χ2v) is 9.05. The number of phenolic OH excluding ortho intramolecular Hbond substituents is 1. The van der Waals surface area contributed by atoms with Crippen molar-refractivity contribution >= 4 is 16.8 Å². The van der Waals surface area contributed by atoms with E-state index in [0.29, 0.717) is 28.5 Å². The van der Waals surface area contributed by atoms with Crippen LogP contribution in [0.1, 0.15) is 45.1 Å². The highest BCUT2D eigenvalue weighted by atomic mass is 16.5. The van der Waals surface area contributed by atoms with Gasteiger partial charge in [0.2, 0.25) is 11.8 Å². The Balaban J connectivity index is 1.38. The SMILES string of the molecule is CC1(C)CCC[C@@H]2N=C(c3cccc(Oc4ccc5cccc(O)c5n4)c3)O[C@@H]2C1. The van der Waals surface area contributed by atoms with Crippen molar-refractivity contribution in [2.24, 2.45) is 10.4 Å². The smallest absolute Gasteiger partial charge is 0.219 e. The second kappa shape index (κ2) is 7.31. The van der Waals surface area contributed by atoms with E-state index in [-0.39, 0.29) is 17.9 Å².